The van der Waals surface area contributed by atoms with Crippen molar-refractivity contribution in [3.05, 3.63) is 64.7 Å². The van der Waals surface area contributed by atoms with E-state index in [1.807, 2.05) is 19.1 Å². The van der Waals surface area contributed by atoms with Crippen LogP contribution in [0, 0.1) is 6.92 Å². The Morgan fingerprint density at radius 3 is 2.28 bits per heavy atom. The highest BCUT2D eigenvalue weighted by Gasteiger charge is 2.37. The first kappa shape index (κ1) is 20.3. The van der Waals surface area contributed by atoms with Crippen LogP contribution in [-0.4, -0.2) is 40.7 Å². The fourth-order valence-corrected chi connectivity index (χ4v) is 3.09. The number of anilines is 1. The number of esters is 1. The number of nitrogens with one attached hydrogen (secondary N) is 1. The molecule has 0 saturated carbocycles. The zero-order valence-electron chi connectivity index (χ0n) is 16.7. The molecule has 0 aromatic heterocycles. The van der Waals surface area contributed by atoms with Gasteiger partial charge in [0, 0.05) is 11.7 Å². The van der Waals surface area contributed by atoms with Gasteiger partial charge in [-0.25, -0.2) is 4.79 Å². The molecule has 29 heavy (non-hydrogen) atoms. The maximum Gasteiger partial charge on any atom is 0.338 e. The molecule has 150 valence electrons. The number of para-hydroxylation sites is 1. The Morgan fingerprint density at radius 1 is 0.966 bits per heavy atom. The van der Waals surface area contributed by atoms with Crippen LogP contribution in [-0.2, 0) is 9.53 Å². The third-order valence-corrected chi connectivity index (χ3v) is 4.73. The molecule has 7 heteroatoms. The number of rotatable bonds is 5. The maximum atomic E-state index is 12.5. The lowest BCUT2D eigenvalue weighted by molar-refractivity contribution is -0.123. The summed E-state index contributed by atoms with van der Waals surface area (Å²) in [4.78, 5) is 50.8. The van der Waals surface area contributed by atoms with E-state index in [0.29, 0.717) is 5.69 Å². The number of nitrogens with zero attached hydrogens (tertiary/aromatic N) is 1. The molecule has 1 atom stereocenters. The molecular weight excluding hydrogens is 372 g/mol. The molecule has 0 fully saturated rings. The summed E-state index contributed by atoms with van der Waals surface area (Å²) in [6, 6.07) is 11.2. The third-order valence-electron chi connectivity index (χ3n) is 4.73. The van der Waals surface area contributed by atoms with Crippen LogP contribution in [0.5, 0.6) is 0 Å². The van der Waals surface area contributed by atoms with Gasteiger partial charge in [0.25, 0.3) is 17.7 Å². The van der Waals surface area contributed by atoms with Gasteiger partial charge in [0.05, 0.1) is 16.7 Å². The van der Waals surface area contributed by atoms with E-state index in [4.69, 9.17) is 4.74 Å². The van der Waals surface area contributed by atoms with Crippen molar-refractivity contribution >= 4 is 29.4 Å². The summed E-state index contributed by atoms with van der Waals surface area (Å²) < 4.78 is 5.25. The maximum absolute atomic E-state index is 12.5. The Balaban J connectivity index is 1.72. The molecule has 1 aliphatic heterocycles. The van der Waals surface area contributed by atoms with Crippen LogP contribution in [0.3, 0.4) is 0 Å². The number of carbonyl (C=O) groups is 4. The zero-order valence-corrected chi connectivity index (χ0v) is 16.7. The number of carbonyl (C=O) groups excluding carboxylic acids is 4. The van der Waals surface area contributed by atoms with Crippen molar-refractivity contribution < 1.29 is 23.9 Å². The average molecular weight is 394 g/mol. The number of ether oxygens (including phenoxy) is 1. The minimum absolute atomic E-state index is 0.103. The van der Waals surface area contributed by atoms with Gasteiger partial charge in [-0.2, -0.15) is 0 Å². The van der Waals surface area contributed by atoms with Crippen LogP contribution in [0.25, 0.3) is 0 Å². The Bertz CT molecular complexity index is 1010. The summed E-state index contributed by atoms with van der Waals surface area (Å²) >= 11 is 0. The van der Waals surface area contributed by atoms with E-state index in [-0.39, 0.29) is 28.6 Å². The molecule has 1 heterocycles. The second-order valence-electron chi connectivity index (χ2n) is 7.19. The minimum atomic E-state index is -1.04. The Kier molecular flexibility index (Phi) is 5.50. The Labute approximate surface area is 168 Å². The van der Waals surface area contributed by atoms with E-state index in [9.17, 15) is 19.2 Å². The van der Waals surface area contributed by atoms with Gasteiger partial charge in [-0.3, -0.25) is 19.3 Å². The predicted molar refractivity (Wildman–Crippen MR) is 107 cm³/mol. The van der Waals surface area contributed by atoms with Crippen LogP contribution in [0.2, 0.25) is 0 Å². The van der Waals surface area contributed by atoms with Gasteiger partial charge in [-0.1, -0.05) is 18.2 Å². The average Bonchev–Trinajstić information content (AvgIpc) is 2.93. The quantitative estimate of drug-likeness (QED) is 0.621. The van der Waals surface area contributed by atoms with Gasteiger partial charge in [0.15, 0.2) is 6.10 Å². The monoisotopic (exact) mass is 394 g/mol. The van der Waals surface area contributed by atoms with Gasteiger partial charge >= 0.3 is 5.97 Å². The van der Waals surface area contributed by atoms with Crippen molar-refractivity contribution in [3.8, 4) is 0 Å². The van der Waals surface area contributed by atoms with Crippen molar-refractivity contribution in [2.45, 2.75) is 39.8 Å². The van der Waals surface area contributed by atoms with Crippen LogP contribution in [0.15, 0.2) is 42.5 Å². The summed E-state index contributed by atoms with van der Waals surface area (Å²) in [7, 11) is 0. The first-order valence-corrected chi connectivity index (χ1v) is 9.30. The van der Waals surface area contributed by atoms with Crippen LogP contribution >= 0.6 is 0 Å². The van der Waals surface area contributed by atoms with Crippen molar-refractivity contribution in [3.63, 3.8) is 0 Å². The molecule has 2 aromatic carbocycles. The lowest BCUT2D eigenvalue weighted by atomic mass is 10.1. The smallest absolute Gasteiger partial charge is 0.338 e. The molecule has 7 nitrogen and oxygen atoms in total. The molecule has 0 unspecified atom stereocenters. The number of aryl methyl sites for hydroxylation is 1. The lowest BCUT2D eigenvalue weighted by Gasteiger charge is -2.17. The molecule has 0 aliphatic carbocycles. The van der Waals surface area contributed by atoms with E-state index in [2.05, 4.69) is 5.32 Å². The van der Waals surface area contributed by atoms with Gasteiger partial charge in [-0.05, 0) is 57.5 Å². The lowest BCUT2D eigenvalue weighted by Crippen LogP contribution is -2.35. The second kappa shape index (κ2) is 7.87. The molecule has 1 aliphatic rings. The second-order valence-corrected chi connectivity index (χ2v) is 7.19. The summed E-state index contributed by atoms with van der Waals surface area (Å²) in [5.74, 6) is -2.04. The number of benzene rings is 2. The Morgan fingerprint density at radius 2 is 1.62 bits per heavy atom. The fraction of sp³-hybridized carbons (Fsp3) is 0.273. The van der Waals surface area contributed by atoms with E-state index >= 15 is 0 Å². The number of amides is 3. The molecule has 3 amide bonds. The molecule has 2 aromatic rings. The number of hydrogen-bond donors (Lipinski definition) is 1. The molecule has 0 radical (unpaired) electrons. The van der Waals surface area contributed by atoms with Crippen LogP contribution in [0.1, 0.15) is 57.4 Å². The van der Waals surface area contributed by atoms with Gasteiger partial charge in [0.1, 0.15) is 0 Å². The summed E-state index contributed by atoms with van der Waals surface area (Å²) in [5, 5.41) is 2.72. The van der Waals surface area contributed by atoms with Gasteiger partial charge in [-0.15, -0.1) is 0 Å². The largest absolute Gasteiger partial charge is 0.449 e. The highest BCUT2D eigenvalue weighted by Crippen LogP contribution is 2.26. The summed E-state index contributed by atoms with van der Waals surface area (Å²) in [6.45, 7) is 6.81. The van der Waals surface area contributed by atoms with E-state index in [0.717, 1.165) is 10.5 Å². The topological polar surface area (TPSA) is 92.8 Å². The standard InChI is InChI=1S/C22H22N2O5/c1-12(2)24-20(26)16-10-9-15(11-17(16)21(24)27)22(28)29-14(4)19(25)23-18-8-6-5-7-13(18)3/h5-12,14H,1-4H3,(H,23,25)/t14-/m0/s1. The number of fused-ring (bicyclic) bond motifs is 1. The fourth-order valence-electron chi connectivity index (χ4n) is 3.09. The molecule has 1 N–H and O–H groups in total. The third kappa shape index (κ3) is 3.89. The summed E-state index contributed by atoms with van der Waals surface area (Å²) in [6.07, 6.45) is -1.04. The van der Waals surface area contributed by atoms with E-state index in [1.165, 1.54) is 25.1 Å². The Hall–Kier alpha value is -3.48. The summed E-state index contributed by atoms with van der Waals surface area (Å²) in [5.41, 5.74) is 2.04. The van der Waals surface area contributed by atoms with Crippen molar-refractivity contribution in [1.29, 1.82) is 0 Å². The molecule has 3 rings (SSSR count). The van der Waals surface area contributed by atoms with Crippen molar-refractivity contribution in [2.75, 3.05) is 5.32 Å². The highest BCUT2D eigenvalue weighted by molar-refractivity contribution is 6.22. The van der Waals surface area contributed by atoms with Crippen LogP contribution in [0.4, 0.5) is 5.69 Å². The number of imide groups is 1. The highest BCUT2D eigenvalue weighted by atomic mass is 16.5. The first-order chi connectivity index (χ1) is 13.7. The van der Waals surface area contributed by atoms with E-state index in [1.54, 1.807) is 26.0 Å². The molecule has 0 spiro atoms. The molecule has 0 saturated heterocycles. The van der Waals surface area contributed by atoms with E-state index < -0.39 is 23.9 Å². The minimum Gasteiger partial charge on any atom is -0.449 e. The van der Waals surface area contributed by atoms with Crippen LogP contribution < -0.4 is 5.32 Å². The number of hydrogen-bond acceptors (Lipinski definition) is 5. The van der Waals surface area contributed by atoms with Crippen molar-refractivity contribution in [1.82, 2.24) is 4.90 Å². The van der Waals surface area contributed by atoms with Gasteiger partial charge in [0.2, 0.25) is 0 Å². The SMILES string of the molecule is Cc1ccccc1NC(=O)[C@H](C)OC(=O)c1ccc2c(c1)C(=O)N(C(C)C)C2=O. The first-order valence-electron chi connectivity index (χ1n) is 9.30. The predicted octanol–water partition coefficient (Wildman–Crippen LogP) is 3.18. The molecule has 0 bridgehead atoms. The molecular formula is C22H22N2O5. The van der Waals surface area contributed by atoms with Gasteiger partial charge < -0.3 is 10.1 Å². The van der Waals surface area contributed by atoms with Crippen molar-refractivity contribution in [2.24, 2.45) is 0 Å². The zero-order chi connectivity index (χ0) is 21.3. The normalized spacial score (nSPS) is 14.0.